The highest BCUT2D eigenvalue weighted by atomic mass is 17.3. The van der Waals surface area contributed by atoms with E-state index in [0.717, 1.165) is 19.3 Å². The summed E-state index contributed by atoms with van der Waals surface area (Å²) in [6.45, 7) is 6.22. The van der Waals surface area contributed by atoms with E-state index >= 15 is 0 Å². The Morgan fingerprint density at radius 1 is 1.05 bits per heavy atom. The summed E-state index contributed by atoms with van der Waals surface area (Å²) in [6, 6.07) is 0. The van der Waals surface area contributed by atoms with E-state index in [1.54, 1.807) is 0 Å². The van der Waals surface area contributed by atoms with Gasteiger partial charge in [0.15, 0.2) is 18.2 Å². The number of aliphatic hydroxyl groups excluding tert-OH is 1. The van der Waals surface area contributed by atoms with Crippen LogP contribution in [0, 0.1) is 23.7 Å². The van der Waals surface area contributed by atoms with Gasteiger partial charge in [-0.05, 0) is 38.0 Å². The zero-order chi connectivity index (χ0) is 14.1. The molecule has 0 aromatic heterocycles. The molecule has 114 valence electrons. The molecule has 1 spiro atoms. The highest BCUT2D eigenvalue weighted by Gasteiger charge is 2.69. The fourth-order valence-corrected chi connectivity index (χ4v) is 4.89. The minimum Gasteiger partial charge on any atom is -0.368 e. The van der Waals surface area contributed by atoms with Crippen LogP contribution in [0.5, 0.6) is 0 Å². The Bertz CT molecular complexity index is 411. The molecular weight excluding hydrogens is 260 g/mol. The first-order valence-electron chi connectivity index (χ1n) is 7.84. The third-order valence-corrected chi connectivity index (χ3v) is 6.12. The van der Waals surface area contributed by atoms with E-state index in [1.165, 1.54) is 6.42 Å². The second-order valence-electron chi connectivity index (χ2n) is 7.30. The largest absolute Gasteiger partial charge is 0.368 e. The lowest BCUT2D eigenvalue weighted by molar-refractivity contribution is -0.576. The molecule has 2 bridgehead atoms. The summed E-state index contributed by atoms with van der Waals surface area (Å²) >= 11 is 0. The fraction of sp³-hybridized carbons (Fsp3) is 1.00. The van der Waals surface area contributed by atoms with Crippen LogP contribution in [-0.2, 0) is 19.2 Å². The predicted molar refractivity (Wildman–Crippen MR) is 69.0 cm³/mol. The number of hydrogen-bond donors (Lipinski definition) is 1. The first-order valence-corrected chi connectivity index (χ1v) is 7.84. The highest BCUT2D eigenvalue weighted by molar-refractivity contribution is 5.08. The molecule has 1 aliphatic carbocycles. The van der Waals surface area contributed by atoms with Crippen molar-refractivity contribution in [3.63, 3.8) is 0 Å². The van der Waals surface area contributed by atoms with Gasteiger partial charge in [-0.15, -0.1) is 0 Å². The Hall–Kier alpha value is -0.200. The zero-order valence-electron chi connectivity index (χ0n) is 12.4. The van der Waals surface area contributed by atoms with Crippen molar-refractivity contribution in [2.24, 2.45) is 23.7 Å². The first kappa shape index (κ1) is 13.5. The maximum atomic E-state index is 10.2. The molecule has 5 rings (SSSR count). The summed E-state index contributed by atoms with van der Waals surface area (Å²) in [4.78, 5) is 11.6. The Morgan fingerprint density at radius 2 is 1.85 bits per heavy atom. The average Bonchev–Trinajstić information content (AvgIpc) is 2.63. The van der Waals surface area contributed by atoms with E-state index < -0.39 is 24.0 Å². The van der Waals surface area contributed by atoms with Gasteiger partial charge in [0.05, 0.1) is 0 Å². The topological polar surface area (TPSA) is 57.2 Å². The molecule has 5 heteroatoms. The van der Waals surface area contributed by atoms with Gasteiger partial charge in [-0.1, -0.05) is 13.8 Å². The van der Waals surface area contributed by atoms with Crippen LogP contribution in [0.4, 0.5) is 0 Å². The lowest BCUT2D eigenvalue weighted by atomic mass is 9.58. The van der Waals surface area contributed by atoms with Crippen molar-refractivity contribution in [2.45, 2.75) is 70.4 Å². The van der Waals surface area contributed by atoms with Crippen LogP contribution in [0.3, 0.4) is 0 Å². The number of fused-ring (bicyclic) bond motifs is 2. The molecule has 0 amide bonds. The second kappa shape index (κ2) is 4.17. The Balaban J connectivity index is 1.82. The van der Waals surface area contributed by atoms with Crippen molar-refractivity contribution in [3.05, 3.63) is 0 Å². The molecule has 4 saturated heterocycles. The monoisotopic (exact) mass is 284 g/mol. The van der Waals surface area contributed by atoms with Crippen LogP contribution in [0.1, 0.15) is 46.5 Å². The SMILES string of the molecule is C[C@@H]1CCC2[C@@H](C)[C@@H](O)O[C@@H]3O[C@]4(C)CCC1[C@@]23OO4. The fourth-order valence-electron chi connectivity index (χ4n) is 4.89. The van der Waals surface area contributed by atoms with E-state index in [-0.39, 0.29) is 11.8 Å². The van der Waals surface area contributed by atoms with Gasteiger partial charge in [0.1, 0.15) is 0 Å². The molecule has 2 unspecified atom stereocenters. The van der Waals surface area contributed by atoms with Gasteiger partial charge < -0.3 is 14.6 Å². The molecule has 5 nitrogen and oxygen atoms in total. The molecule has 0 aromatic carbocycles. The van der Waals surface area contributed by atoms with E-state index in [2.05, 4.69) is 6.92 Å². The van der Waals surface area contributed by atoms with Crippen molar-refractivity contribution in [3.8, 4) is 0 Å². The third-order valence-electron chi connectivity index (χ3n) is 6.12. The maximum Gasteiger partial charge on any atom is 0.201 e. The van der Waals surface area contributed by atoms with Gasteiger partial charge in [-0.25, -0.2) is 9.78 Å². The van der Waals surface area contributed by atoms with Crippen molar-refractivity contribution in [1.82, 2.24) is 0 Å². The van der Waals surface area contributed by atoms with Crippen LogP contribution in [0.25, 0.3) is 0 Å². The van der Waals surface area contributed by atoms with Gasteiger partial charge in [0, 0.05) is 18.3 Å². The average molecular weight is 284 g/mol. The van der Waals surface area contributed by atoms with Gasteiger partial charge >= 0.3 is 0 Å². The molecule has 20 heavy (non-hydrogen) atoms. The lowest BCUT2D eigenvalue weighted by Crippen LogP contribution is -2.70. The van der Waals surface area contributed by atoms with E-state index in [4.69, 9.17) is 19.2 Å². The Morgan fingerprint density at radius 3 is 2.65 bits per heavy atom. The minimum atomic E-state index is -0.781. The molecule has 5 fully saturated rings. The van der Waals surface area contributed by atoms with Gasteiger partial charge in [-0.2, -0.15) is 0 Å². The molecule has 0 radical (unpaired) electrons. The minimum absolute atomic E-state index is 0.0379. The quantitative estimate of drug-likeness (QED) is 0.691. The summed E-state index contributed by atoms with van der Waals surface area (Å²) in [7, 11) is 0. The summed E-state index contributed by atoms with van der Waals surface area (Å²) < 4.78 is 11.9. The van der Waals surface area contributed by atoms with E-state index in [1.807, 2.05) is 13.8 Å². The summed E-state index contributed by atoms with van der Waals surface area (Å²) in [5.41, 5.74) is -0.549. The van der Waals surface area contributed by atoms with E-state index in [0.29, 0.717) is 11.8 Å². The van der Waals surface area contributed by atoms with Crippen LogP contribution in [0.15, 0.2) is 0 Å². The zero-order valence-corrected chi connectivity index (χ0v) is 12.4. The normalized spacial score (nSPS) is 61.8. The number of rotatable bonds is 0. The predicted octanol–water partition coefficient (Wildman–Crippen LogP) is 2.19. The van der Waals surface area contributed by atoms with Gasteiger partial charge in [0.25, 0.3) is 0 Å². The Kier molecular flexibility index (Phi) is 2.81. The summed E-state index contributed by atoms with van der Waals surface area (Å²) in [6.07, 6.45) is 2.72. The Labute approximate surface area is 119 Å². The number of ether oxygens (including phenoxy) is 2. The molecular formula is C15H24O5. The van der Waals surface area contributed by atoms with Crippen molar-refractivity contribution >= 4 is 0 Å². The summed E-state index contributed by atoms with van der Waals surface area (Å²) in [5.74, 6) is 0.437. The van der Waals surface area contributed by atoms with E-state index in [9.17, 15) is 5.11 Å². The van der Waals surface area contributed by atoms with Crippen LogP contribution >= 0.6 is 0 Å². The standard InChI is InChI=1S/C15H24O5/c1-8-4-5-11-9(2)12(16)17-13-15(11)10(8)6-7-14(3,18-13)19-20-15/h8-13,16H,4-7H2,1-3H3/t8-,9-,10?,11?,12+,13-,14+,15-/m1/s1. The molecule has 5 aliphatic rings. The molecule has 0 aromatic rings. The third kappa shape index (κ3) is 1.56. The molecule has 4 heterocycles. The van der Waals surface area contributed by atoms with Crippen LogP contribution in [0.2, 0.25) is 0 Å². The van der Waals surface area contributed by atoms with Gasteiger partial charge in [-0.3, -0.25) is 0 Å². The maximum absolute atomic E-state index is 10.2. The van der Waals surface area contributed by atoms with Crippen LogP contribution in [-0.4, -0.2) is 29.1 Å². The smallest absolute Gasteiger partial charge is 0.201 e. The molecule has 1 saturated carbocycles. The molecule has 4 aliphatic heterocycles. The molecule has 8 atom stereocenters. The number of hydrogen-bond acceptors (Lipinski definition) is 5. The van der Waals surface area contributed by atoms with Crippen LogP contribution < -0.4 is 0 Å². The van der Waals surface area contributed by atoms with Crippen molar-refractivity contribution in [1.29, 1.82) is 0 Å². The number of aliphatic hydroxyl groups is 1. The highest BCUT2D eigenvalue weighted by Crippen LogP contribution is 2.60. The van der Waals surface area contributed by atoms with Crippen molar-refractivity contribution in [2.75, 3.05) is 0 Å². The summed E-state index contributed by atoms with van der Waals surface area (Å²) in [5, 5.41) is 10.2. The second-order valence-corrected chi connectivity index (χ2v) is 7.30. The van der Waals surface area contributed by atoms with Gasteiger partial charge in [0.2, 0.25) is 5.79 Å². The lowest BCUT2D eigenvalue weighted by Gasteiger charge is -2.59. The molecule has 1 N–H and O–H groups in total. The van der Waals surface area contributed by atoms with Crippen molar-refractivity contribution < 1.29 is 24.4 Å². The first-order chi connectivity index (χ1) is 9.46.